The molecule has 2 amide bonds. The first-order chi connectivity index (χ1) is 17.0. The van der Waals surface area contributed by atoms with E-state index in [2.05, 4.69) is 25.5 Å². The maximum Gasteiger partial charge on any atom is 0.314 e. The van der Waals surface area contributed by atoms with Gasteiger partial charge in [0.2, 0.25) is 0 Å². The number of nitrogens with zero attached hydrogens (tertiary/aromatic N) is 5. The van der Waals surface area contributed by atoms with Crippen LogP contribution in [0.2, 0.25) is 10.0 Å². The highest BCUT2D eigenvalue weighted by Crippen LogP contribution is 2.35. The van der Waals surface area contributed by atoms with Crippen molar-refractivity contribution in [2.45, 2.75) is 25.8 Å². The van der Waals surface area contributed by atoms with E-state index in [1.807, 2.05) is 60.0 Å². The maximum absolute atomic E-state index is 11.9. The molecule has 180 valence electrons. The summed E-state index contributed by atoms with van der Waals surface area (Å²) in [6, 6.07) is 15.2. The molecule has 10 heteroatoms. The summed E-state index contributed by atoms with van der Waals surface area (Å²) in [4.78, 5) is 28.3. The van der Waals surface area contributed by atoms with E-state index in [1.165, 1.54) is 0 Å². The number of urea groups is 1. The van der Waals surface area contributed by atoms with Crippen LogP contribution in [-0.2, 0) is 0 Å². The lowest BCUT2D eigenvalue weighted by atomic mass is 10.1. The molecule has 3 heterocycles. The summed E-state index contributed by atoms with van der Waals surface area (Å²) in [5.74, 6) is 1.45. The van der Waals surface area contributed by atoms with Gasteiger partial charge in [0.05, 0.1) is 5.02 Å². The van der Waals surface area contributed by atoms with Crippen LogP contribution in [0.15, 0.2) is 54.9 Å². The fourth-order valence-corrected chi connectivity index (χ4v) is 4.75. The first-order valence-electron chi connectivity index (χ1n) is 11.6. The van der Waals surface area contributed by atoms with Gasteiger partial charge < -0.3 is 15.5 Å². The number of imidazole rings is 1. The smallest absolute Gasteiger partial charge is 0.314 e. The average molecular weight is 510 g/mol. The van der Waals surface area contributed by atoms with Gasteiger partial charge in [0, 0.05) is 41.9 Å². The van der Waals surface area contributed by atoms with Gasteiger partial charge in [-0.25, -0.2) is 19.7 Å². The molecular weight excluding hydrogens is 485 g/mol. The molecule has 0 bridgehead atoms. The van der Waals surface area contributed by atoms with Gasteiger partial charge in [-0.15, -0.1) is 0 Å². The second-order valence-electron chi connectivity index (χ2n) is 8.36. The second kappa shape index (κ2) is 10.1. The molecule has 4 aromatic rings. The van der Waals surface area contributed by atoms with Gasteiger partial charge in [0.1, 0.15) is 12.2 Å². The average Bonchev–Trinajstić information content (AvgIpc) is 3.25. The number of aromatic nitrogens is 4. The predicted octanol–water partition coefficient (Wildman–Crippen LogP) is 5.08. The zero-order chi connectivity index (χ0) is 24.4. The lowest BCUT2D eigenvalue weighted by Gasteiger charge is -2.33. The van der Waals surface area contributed by atoms with Crippen molar-refractivity contribution >= 4 is 46.2 Å². The Morgan fingerprint density at radius 3 is 2.51 bits per heavy atom. The van der Waals surface area contributed by atoms with Crippen molar-refractivity contribution in [1.29, 1.82) is 0 Å². The van der Waals surface area contributed by atoms with Crippen molar-refractivity contribution in [1.82, 2.24) is 30.2 Å². The lowest BCUT2D eigenvalue weighted by molar-refractivity contribution is 0.235. The molecule has 0 atom stereocenters. The van der Waals surface area contributed by atoms with Gasteiger partial charge in [0.15, 0.2) is 17.0 Å². The van der Waals surface area contributed by atoms with Crippen molar-refractivity contribution in [2.75, 3.05) is 24.5 Å². The third-order valence-corrected chi connectivity index (χ3v) is 6.67. The topological polar surface area (TPSA) is 88.0 Å². The third kappa shape index (κ3) is 4.76. The fourth-order valence-electron chi connectivity index (χ4n) is 4.40. The zero-order valence-corrected chi connectivity index (χ0v) is 20.7. The molecule has 8 nitrogen and oxygen atoms in total. The highest BCUT2D eigenvalue weighted by molar-refractivity contribution is 6.33. The number of hydrogen-bond donors (Lipinski definition) is 2. The zero-order valence-electron chi connectivity index (χ0n) is 19.2. The predicted molar refractivity (Wildman–Crippen MR) is 140 cm³/mol. The Morgan fingerprint density at radius 1 is 1.06 bits per heavy atom. The summed E-state index contributed by atoms with van der Waals surface area (Å²) in [5, 5.41) is 7.08. The fraction of sp³-hybridized carbons (Fsp3) is 0.280. The Kier molecular flexibility index (Phi) is 6.74. The number of rotatable bonds is 5. The van der Waals surface area contributed by atoms with E-state index in [9.17, 15) is 4.79 Å². The molecule has 2 aromatic heterocycles. The molecule has 35 heavy (non-hydrogen) atoms. The lowest BCUT2D eigenvalue weighted by Crippen LogP contribution is -2.48. The first kappa shape index (κ1) is 23.4. The van der Waals surface area contributed by atoms with Gasteiger partial charge in [-0.2, -0.15) is 0 Å². The molecular formula is C25H25Cl2N7O. The van der Waals surface area contributed by atoms with E-state index < -0.39 is 0 Å². The minimum Gasteiger partial charge on any atom is -0.355 e. The quantitative estimate of drug-likeness (QED) is 0.391. The van der Waals surface area contributed by atoms with Crippen LogP contribution in [0.3, 0.4) is 0 Å². The van der Waals surface area contributed by atoms with Crippen LogP contribution in [0.5, 0.6) is 0 Å². The molecule has 5 rings (SSSR count). The van der Waals surface area contributed by atoms with Gasteiger partial charge >= 0.3 is 6.03 Å². The molecule has 2 aromatic carbocycles. The SMILES string of the molecule is CCNC(=O)NC1CCN(c2ncnc3c2nc(-c2ccccc2Cl)n3-c2ccc(Cl)cc2)CC1. The molecule has 1 aliphatic heterocycles. The molecule has 0 spiro atoms. The molecule has 2 N–H and O–H groups in total. The number of carbonyl (C=O) groups excluding carboxylic acids is 1. The Balaban J connectivity index is 1.54. The molecule has 0 saturated carbocycles. The Bertz CT molecular complexity index is 1350. The minimum absolute atomic E-state index is 0.124. The van der Waals surface area contributed by atoms with E-state index >= 15 is 0 Å². The summed E-state index contributed by atoms with van der Waals surface area (Å²) in [7, 11) is 0. The second-order valence-corrected chi connectivity index (χ2v) is 9.21. The normalized spacial score (nSPS) is 14.3. The monoisotopic (exact) mass is 509 g/mol. The van der Waals surface area contributed by atoms with Crippen LogP contribution in [0.1, 0.15) is 19.8 Å². The molecule has 1 saturated heterocycles. The van der Waals surface area contributed by atoms with E-state index in [-0.39, 0.29) is 12.1 Å². The van der Waals surface area contributed by atoms with Crippen LogP contribution in [0.4, 0.5) is 10.6 Å². The summed E-state index contributed by atoms with van der Waals surface area (Å²) in [6.07, 6.45) is 3.21. The number of anilines is 1. The molecule has 0 aliphatic carbocycles. The number of nitrogens with one attached hydrogen (secondary N) is 2. The van der Waals surface area contributed by atoms with Crippen molar-refractivity contribution in [3.05, 3.63) is 64.9 Å². The number of halogens is 2. The highest BCUT2D eigenvalue weighted by Gasteiger charge is 2.26. The Morgan fingerprint density at radius 2 is 1.80 bits per heavy atom. The number of fused-ring (bicyclic) bond motifs is 1. The van der Waals surface area contributed by atoms with E-state index in [0.717, 1.165) is 43.0 Å². The minimum atomic E-state index is -0.124. The van der Waals surface area contributed by atoms with Crippen molar-refractivity contribution in [3.8, 4) is 17.1 Å². The molecule has 1 fully saturated rings. The summed E-state index contributed by atoms with van der Waals surface area (Å²) >= 11 is 12.7. The van der Waals surface area contributed by atoms with Crippen LogP contribution in [0, 0.1) is 0 Å². The molecule has 0 unspecified atom stereocenters. The maximum atomic E-state index is 11.9. The number of amides is 2. The van der Waals surface area contributed by atoms with Gasteiger partial charge in [-0.3, -0.25) is 4.57 Å². The van der Waals surface area contributed by atoms with E-state index in [1.54, 1.807) is 6.33 Å². The third-order valence-electron chi connectivity index (χ3n) is 6.09. The van der Waals surface area contributed by atoms with Crippen molar-refractivity contribution in [2.24, 2.45) is 0 Å². The summed E-state index contributed by atoms with van der Waals surface area (Å²) < 4.78 is 1.99. The van der Waals surface area contributed by atoms with Crippen molar-refractivity contribution in [3.63, 3.8) is 0 Å². The summed E-state index contributed by atoms with van der Waals surface area (Å²) in [5.41, 5.74) is 3.07. The Hall–Kier alpha value is -3.36. The first-order valence-corrected chi connectivity index (χ1v) is 12.3. The molecule has 1 aliphatic rings. The van der Waals surface area contributed by atoms with Gasteiger partial charge in [0.25, 0.3) is 0 Å². The van der Waals surface area contributed by atoms with Crippen LogP contribution in [-0.4, -0.2) is 51.2 Å². The number of carbonyl (C=O) groups is 1. The van der Waals surface area contributed by atoms with Crippen LogP contribution >= 0.6 is 23.2 Å². The number of hydrogen-bond acceptors (Lipinski definition) is 5. The molecule has 0 radical (unpaired) electrons. The van der Waals surface area contributed by atoms with E-state index in [4.69, 9.17) is 28.2 Å². The van der Waals surface area contributed by atoms with Gasteiger partial charge in [-0.1, -0.05) is 35.3 Å². The summed E-state index contributed by atoms with van der Waals surface area (Å²) in [6.45, 7) is 4.01. The van der Waals surface area contributed by atoms with Crippen LogP contribution < -0.4 is 15.5 Å². The number of benzene rings is 2. The largest absolute Gasteiger partial charge is 0.355 e. The van der Waals surface area contributed by atoms with Gasteiger partial charge in [-0.05, 0) is 56.2 Å². The highest BCUT2D eigenvalue weighted by atomic mass is 35.5. The number of piperidine rings is 1. The van der Waals surface area contributed by atoms with E-state index in [0.29, 0.717) is 33.6 Å². The Labute approximate surface area is 213 Å². The van der Waals surface area contributed by atoms with Crippen LogP contribution in [0.25, 0.3) is 28.2 Å². The standard InChI is InChI=1S/C25H25Cl2N7O/c1-2-28-25(35)31-17-11-13-33(14-12-17)23-21-24(30-15-29-23)34(18-9-7-16(26)8-10-18)22(32-21)19-5-3-4-6-20(19)27/h3-10,15,17H,2,11-14H2,1H3,(H2,28,31,35). The van der Waals surface area contributed by atoms with Crippen molar-refractivity contribution < 1.29 is 4.79 Å².